The molecule has 1 N–H and O–H groups in total. The van der Waals surface area contributed by atoms with Gasteiger partial charge >= 0.3 is 0 Å². The zero-order valence-electron chi connectivity index (χ0n) is 14.2. The van der Waals surface area contributed by atoms with Gasteiger partial charge in [0.2, 0.25) is 0 Å². The lowest BCUT2D eigenvalue weighted by molar-refractivity contribution is 0.515. The monoisotopic (exact) mass is 344 g/mol. The van der Waals surface area contributed by atoms with E-state index in [2.05, 4.69) is 4.98 Å². The molecule has 4 aromatic rings. The van der Waals surface area contributed by atoms with Crippen LogP contribution in [0.15, 0.2) is 72.9 Å². The van der Waals surface area contributed by atoms with Crippen molar-refractivity contribution in [3.05, 3.63) is 95.7 Å². The summed E-state index contributed by atoms with van der Waals surface area (Å²) in [6.45, 7) is 1.93. The summed E-state index contributed by atoms with van der Waals surface area (Å²) < 4.78 is 16.2. The van der Waals surface area contributed by atoms with E-state index >= 15 is 0 Å². The highest BCUT2D eigenvalue weighted by Crippen LogP contribution is 2.28. The lowest BCUT2D eigenvalue weighted by atomic mass is 10.1. The number of fused-ring (bicyclic) bond motifs is 1. The lowest BCUT2D eigenvalue weighted by Crippen LogP contribution is -1.99. The lowest BCUT2D eigenvalue weighted by Gasteiger charge is -2.09. The van der Waals surface area contributed by atoms with Gasteiger partial charge in [-0.1, -0.05) is 42.5 Å². The predicted octanol–water partition coefficient (Wildman–Crippen LogP) is 5.50. The molecule has 4 rings (SSSR count). The van der Waals surface area contributed by atoms with Crippen molar-refractivity contribution in [3.8, 4) is 11.3 Å². The highest BCUT2D eigenvalue weighted by molar-refractivity contribution is 5.82. The number of hydrogen-bond acceptors (Lipinski definition) is 2. The number of rotatable bonds is 3. The highest BCUT2D eigenvalue weighted by atomic mass is 19.1. The third-order valence-corrected chi connectivity index (χ3v) is 4.38. The molecular weight excluding hydrogens is 327 g/mol. The van der Waals surface area contributed by atoms with Gasteiger partial charge < -0.3 is 9.51 Å². The molecule has 3 nitrogen and oxygen atoms in total. The van der Waals surface area contributed by atoms with E-state index in [4.69, 9.17) is 0 Å². The Morgan fingerprint density at radius 1 is 1.00 bits per heavy atom. The van der Waals surface area contributed by atoms with E-state index in [1.165, 1.54) is 6.07 Å². The highest BCUT2D eigenvalue weighted by Gasteiger charge is 2.13. The number of aromatic nitrogens is 2. The predicted molar refractivity (Wildman–Crippen MR) is 102 cm³/mol. The average Bonchev–Trinajstić information content (AvgIpc) is 3.11. The Hall–Kier alpha value is -3.40. The summed E-state index contributed by atoms with van der Waals surface area (Å²) in [5.74, 6) is -0.134. The molecule has 4 heteroatoms. The molecule has 0 spiro atoms. The zero-order chi connectivity index (χ0) is 18.1. The van der Waals surface area contributed by atoms with E-state index in [9.17, 15) is 9.50 Å². The number of nitrogens with zero attached hydrogens (tertiary/aromatic N) is 2. The fraction of sp³-hybridized carbons (Fsp3) is 0.0455. The molecule has 2 heterocycles. The molecule has 0 amide bonds. The number of hydrogen-bond donors (Lipinski definition) is 1. The Kier molecular flexibility index (Phi) is 4.01. The summed E-state index contributed by atoms with van der Waals surface area (Å²) in [7, 11) is 0. The molecule has 0 bridgehead atoms. The molecule has 128 valence electrons. The van der Waals surface area contributed by atoms with Crippen molar-refractivity contribution in [2.75, 3.05) is 0 Å². The van der Waals surface area contributed by atoms with Gasteiger partial charge in [0.1, 0.15) is 11.6 Å². The van der Waals surface area contributed by atoms with Crippen LogP contribution in [0.4, 0.5) is 4.39 Å². The molecule has 0 aliphatic heterocycles. The first-order valence-corrected chi connectivity index (χ1v) is 8.33. The molecule has 0 saturated heterocycles. The normalized spacial score (nSPS) is 11.8. The fourth-order valence-electron chi connectivity index (χ4n) is 3.12. The van der Waals surface area contributed by atoms with Crippen molar-refractivity contribution in [1.82, 2.24) is 9.38 Å². The van der Waals surface area contributed by atoms with Gasteiger partial charge in [-0.2, -0.15) is 0 Å². The average molecular weight is 344 g/mol. The Morgan fingerprint density at radius 2 is 1.73 bits per heavy atom. The molecule has 0 atom stereocenters. The second-order valence-corrected chi connectivity index (χ2v) is 6.10. The number of aliphatic hydroxyl groups is 1. The molecule has 0 saturated carbocycles. The van der Waals surface area contributed by atoms with Crippen LogP contribution >= 0.6 is 0 Å². The summed E-state index contributed by atoms with van der Waals surface area (Å²) in [6, 6.07) is 19.8. The number of benzene rings is 2. The zero-order valence-corrected chi connectivity index (χ0v) is 14.2. The van der Waals surface area contributed by atoms with Gasteiger partial charge in [-0.25, -0.2) is 4.39 Å². The van der Waals surface area contributed by atoms with Crippen LogP contribution in [-0.4, -0.2) is 14.5 Å². The van der Waals surface area contributed by atoms with Crippen LogP contribution in [0, 0.1) is 12.7 Å². The van der Waals surface area contributed by atoms with Crippen LogP contribution in [0.25, 0.3) is 28.6 Å². The second kappa shape index (κ2) is 6.48. The van der Waals surface area contributed by atoms with E-state index in [-0.39, 0.29) is 11.6 Å². The summed E-state index contributed by atoms with van der Waals surface area (Å²) >= 11 is 0. The van der Waals surface area contributed by atoms with Crippen molar-refractivity contribution < 1.29 is 9.50 Å². The van der Waals surface area contributed by atoms with Crippen LogP contribution < -0.4 is 0 Å². The van der Waals surface area contributed by atoms with Crippen molar-refractivity contribution in [2.45, 2.75) is 6.92 Å². The van der Waals surface area contributed by atoms with E-state index in [1.807, 2.05) is 59.9 Å². The quantitative estimate of drug-likeness (QED) is 0.498. The Labute approximate surface area is 150 Å². The smallest absolute Gasteiger partial charge is 0.132 e. The van der Waals surface area contributed by atoms with Gasteiger partial charge in [-0.15, -0.1) is 0 Å². The first-order chi connectivity index (χ1) is 12.6. The molecule has 0 unspecified atom stereocenters. The summed E-state index contributed by atoms with van der Waals surface area (Å²) in [4.78, 5) is 4.45. The molecule has 0 radical (unpaired) electrons. The number of aryl methyl sites for hydroxylation is 1. The van der Waals surface area contributed by atoms with Gasteiger partial charge in [0.15, 0.2) is 0 Å². The first kappa shape index (κ1) is 16.1. The van der Waals surface area contributed by atoms with E-state index in [1.54, 1.807) is 24.4 Å². The standard InChI is InChI=1S/C22H17FN2O/c1-15-14-24-19(13-22(26)16-7-3-2-4-8-16)21-12-11-20(25(15)21)17-9-5-6-10-18(17)23/h2-14,26H,1H3/b22-13-. The molecule has 0 aliphatic rings. The van der Waals surface area contributed by atoms with Crippen LogP contribution in [-0.2, 0) is 0 Å². The third kappa shape index (κ3) is 2.75. The Morgan fingerprint density at radius 3 is 2.50 bits per heavy atom. The molecule has 0 fully saturated rings. The van der Waals surface area contributed by atoms with Crippen LogP contribution in [0.2, 0.25) is 0 Å². The summed E-state index contributed by atoms with van der Waals surface area (Å²) in [5, 5.41) is 10.4. The van der Waals surface area contributed by atoms with Gasteiger partial charge in [0.05, 0.1) is 16.9 Å². The topological polar surface area (TPSA) is 37.5 Å². The summed E-state index contributed by atoms with van der Waals surface area (Å²) in [5.41, 5.74) is 4.33. The maximum Gasteiger partial charge on any atom is 0.132 e. The van der Waals surface area contributed by atoms with Gasteiger partial charge in [-0.3, -0.25) is 4.98 Å². The Balaban J connectivity index is 1.89. The molecular formula is C22H17FN2O. The second-order valence-electron chi connectivity index (χ2n) is 6.10. The minimum atomic E-state index is -0.270. The van der Waals surface area contributed by atoms with Crippen LogP contribution in [0.1, 0.15) is 17.0 Å². The maximum atomic E-state index is 14.3. The molecule has 0 aliphatic carbocycles. The summed E-state index contributed by atoms with van der Waals surface area (Å²) in [6.07, 6.45) is 3.36. The number of aliphatic hydroxyl groups excluding tert-OH is 1. The first-order valence-electron chi connectivity index (χ1n) is 8.33. The SMILES string of the molecule is Cc1cnc(/C=C(\O)c2ccccc2)c2ccc(-c3ccccc3F)n12. The van der Waals surface area contributed by atoms with Crippen molar-refractivity contribution in [2.24, 2.45) is 0 Å². The van der Waals surface area contributed by atoms with Crippen molar-refractivity contribution in [1.29, 1.82) is 0 Å². The van der Waals surface area contributed by atoms with Gasteiger partial charge in [0, 0.05) is 29.1 Å². The largest absolute Gasteiger partial charge is 0.507 e. The minimum Gasteiger partial charge on any atom is -0.507 e. The fourth-order valence-corrected chi connectivity index (χ4v) is 3.12. The van der Waals surface area contributed by atoms with Crippen LogP contribution in [0.3, 0.4) is 0 Å². The Bertz CT molecular complexity index is 1110. The van der Waals surface area contributed by atoms with Crippen molar-refractivity contribution in [3.63, 3.8) is 0 Å². The molecule has 2 aromatic heterocycles. The van der Waals surface area contributed by atoms with Gasteiger partial charge in [0.25, 0.3) is 0 Å². The maximum absolute atomic E-state index is 14.3. The van der Waals surface area contributed by atoms with E-state index < -0.39 is 0 Å². The third-order valence-electron chi connectivity index (χ3n) is 4.38. The molecule has 2 aromatic carbocycles. The number of halogens is 1. The van der Waals surface area contributed by atoms with Gasteiger partial charge in [-0.05, 0) is 31.2 Å². The van der Waals surface area contributed by atoms with E-state index in [0.717, 1.165) is 16.9 Å². The van der Waals surface area contributed by atoms with Crippen LogP contribution in [0.5, 0.6) is 0 Å². The van der Waals surface area contributed by atoms with Crippen molar-refractivity contribution >= 4 is 17.4 Å². The molecule has 26 heavy (non-hydrogen) atoms. The minimum absolute atomic E-state index is 0.137. The van der Waals surface area contributed by atoms with E-state index in [0.29, 0.717) is 16.8 Å².